The van der Waals surface area contributed by atoms with E-state index in [2.05, 4.69) is 21.9 Å². The number of halogens is 6. The molecule has 1 aliphatic rings. The minimum absolute atomic E-state index is 0.00566. The third-order valence-electron chi connectivity index (χ3n) is 4.56. The van der Waals surface area contributed by atoms with Crippen molar-refractivity contribution in [1.82, 2.24) is 14.5 Å². The number of imidazole rings is 1. The van der Waals surface area contributed by atoms with Crippen molar-refractivity contribution in [1.29, 1.82) is 0 Å². The maximum atomic E-state index is 13.1. The Balaban J connectivity index is 1.89. The summed E-state index contributed by atoms with van der Waals surface area (Å²) in [7, 11) is 0. The van der Waals surface area contributed by atoms with E-state index in [9.17, 15) is 26.3 Å². The molecule has 0 unspecified atom stereocenters. The molecule has 0 saturated carbocycles. The van der Waals surface area contributed by atoms with Gasteiger partial charge in [0.1, 0.15) is 17.0 Å². The number of anilines is 1. The van der Waals surface area contributed by atoms with E-state index in [4.69, 9.17) is 0 Å². The fourth-order valence-corrected chi connectivity index (χ4v) is 3.31. The van der Waals surface area contributed by atoms with Gasteiger partial charge in [-0.2, -0.15) is 26.3 Å². The van der Waals surface area contributed by atoms with Crippen molar-refractivity contribution in [3.63, 3.8) is 0 Å². The molecule has 1 N–H and O–H groups in total. The van der Waals surface area contributed by atoms with Crippen LogP contribution >= 0.6 is 0 Å². The smallest absolute Gasteiger partial charge is 0.359 e. The Kier molecular flexibility index (Phi) is 4.32. The molecule has 0 saturated heterocycles. The molecule has 0 fully saturated rings. The molecule has 29 heavy (non-hydrogen) atoms. The van der Waals surface area contributed by atoms with Crippen LogP contribution in [-0.4, -0.2) is 20.7 Å². The number of rotatable bonds is 3. The summed E-state index contributed by atoms with van der Waals surface area (Å²) < 4.78 is 78.9. The number of hydrogen-bond acceptors (Lipinski definition) is 3. The average Bonchev–Trinajstić information content (AvgIpc) is 3.16. The van der Waals surface area contributed by atoms with Crippen molar-refractivity contribution in [2.75, 3.05) is 5.32 Å². The Morgan fingerprint density at radius 2 is 1.79 bits per heavy atom. The molecule has 0 aliphatic carbocycles. The van der Waals surface area contributed by atoms with E-state index in [0.717, 1.165) is 29.1 Å². The lowest BCUT2D eigenvalue weighted by Gasteiger charge is -2.12. The summed E-state index contributed by atoms with van der Waals surface area (Å²) in [6.45, 7) is 3.83. The lowest BCUT2D eigenvalue weighted by atomic mass is 10.1. The van der Waals surface area contributed by atoms with Gasteiger partial charge in [-0.15, -0.1) is 0 Å². The van der Waals surface area contributed by atoms with Crippen LogP contribution in [0.4, 0.5) is 32.0 Å². The first kappa shape index (κ1) is 19.3. The van der Waals surface area contributed by atoms with E-state index < -0.39 is 30.9 Å². The molecular weight excluding hydrogens is 398 g/mol. The second-order valence-corrected chi connectivity index (χ2v) is 6.76. The minimum Gasteiger partial charge on any atom is -0.359 e. The van der Waals surface area contributed by atoms with Gasteiger partial charge in [0, 0.05) is 29.9 Å². The van der Waals surface area contributed by atoms with Crippen LogP contribution in [0.3, 0.4) is 0 Å². The van der Waals surface area contributed by atoms with Gasteiger partial charge >= 0.3 is 12.4 Å². The molecule has 0 bridgehead atoms. The predicted molar refractivity (Wildman–Crippen MR) is 94.7 cm³/mol. The van der Waals surface area contributed by atoms with Gasteiger partial charge in [-0.25, -0.2) is 9.97 Å². The van der Waals surface area contributed by atoms with Crippen LogP contribution in [-0.2, 0) is 19.0 Å². The summed E-state index contributed by atoms with van der Waals surface area (Å²) in [5.74, 6) is -0.00566. The topological polar surface area (TPSA) is 42.7 Å². The van der Waals surface area contributed by atoms with Gasteiger partial charge in [0.05, 0.1) is 6.42 Å². The van der Waals surface area contributed by atoms with Gasteiger partial charge < -0.3 is 5.32 Å². The molecule has 0 amide bonds. The van der Waals surface area contributed by atoms with Crippen molar-refractivity contribution in [2.45, 2.75) is 31.6 Å². The summed E-state index contributed by atoms with van der Waals surface area (Å²) in [4.78, 5) is 7.78. The van der Waals surface area contributed by atoms with Crippen molar-refractivity contribution >= 4 is 16.9 Å². The maximum Gasteiger partial charge on any atom is 0.433 e. The molecule has 1 aromatic carbocycles. The van der Waals surface area contributed by atoms with E-state index in [1.807, 2.05) is 0 Å². The third-order valence-corrected chi connectivity index (χ3v) is 4.56. The first-order chi connectivity index (χ1) is 13.5. The van der Waals surface area contributed by atoms with E-state index in [1.165, 1.54) is 4.57 Å². The van der Waals surface area contributed by atoms with Gasteiger partial charge in [0.2, 0.25) is 0 Å². The number of aryl methyl sites for hydroxylation is 1. The number of nitrogens with one attached hydrogen (secondary N) is 1. The standard InChI is InChI=1S/C19H14F6N4/c1-10-8-11-9-12(2-3-13(11)26-10)29-16(6-7-18(20,21)22)27-14-4-5-15(19(23,24)25)28-17(14)29/h2-5,9,26H,1,6-8H2. The maximum absolute atomic E-state index is 13.1. The minimum atomic E-state index is -4.69. The van der Waals surface area contributed by atoms with Crippen molar-refractivity contribution < 1.29 is 26.3 Å². The highest BCUT2D eigenvalue weighted by Crippen LogP contribution is 2.33. The summed E-state index contributed by atoms with van der Waals surface area (Å²) in [6, 6.07) is 6.89. The summed E-state index contributed by atoms with van der Waals surface area (Å²) in [6.07, 6.45) is -10.2. The molecule has 152 valence electrons. The second-order valence-electron chi connectivity index (χ2n) is 6.76. The Hall–Kier alpha value is -3.04. The number of nitrogens with zero attached hydrogens (tertiary/aromatic N) is 3. The molecule has 1 aliphatic heterocycles. The molecule has 3 heterocycles. The Morgan fingerprint density at radius 3 is 2.48 bits per heavy atom. The largest absolute Gasteiger partial charge is 0.433 e. The molecule has 0 atom stereocenters. The lowest BCUT2D eigenvalue weighted by Crippen LogP contribution is -2.12. The Bertz CT molecular complexity index is 1110. The highest BCUT2D eigenvalue weighted by Gasteiger charge is 2.34. The number of fused-ring (bicyclic) bond motifs is 2. The zero-order chi connectivity index (χ0) is 21.0. The van der Waals surface area contributed by atoms with Crippen LogP contribution in [0.1, 0.15) is 23.5 Å². The summed E-state index contributed by atoms with van der Waals surface area (Å²) >= 11 is 0. The number of allylic oxidation sites excluding steroid dienone is 1. The summed E-state index contributed by atoms with van der Waals surface area (Å²) in [5.41, 5.74) is 1.60. The number of hydrogen-bond donors (Lipinski definition) is 1. The van der Waals surface area contributed by atoms with Crippen LogP contribution in [0.15, 0.2) is 42.6 Å². The molecule has 2 aromatic heterocycles. The van der Waals surface area contributed by atoms with Crippen molar-refractivity contribution in [3.8, 4) is 5.69 Å². The monoisotopic (exact) mass is 412 g/mol. The first-order valence-electron chi connectivity index (χ1n) is 8.62. The molecule has 3 aromatic rings. The average molecular weight is 412 g/mol. The molecule has 0 spiro atoms. The predicted octanol–water partition coefficient (Wildman–Crippen LogP) is 5.42. The second kappa shape index (κ2) is 6.50. The normalized spacial score (nSPS) is 14.3. The van der Waals surface area contributed by atoms with E-state index in [1.54, 1.807) is 18.2 Å². The molecule has 4 rings (SSSR count). The van der Waals surface area contributed by atoms with Gasteiger partial charge in [0.25, 0.3) is 0 Å². The number of alkyl halides is 6. The quantitative estimate of drug-likeness (QED) is 0.585. The highest BCUT2D eigenvalue weighted by atomic mass is 19.4. The van der Waals surface area contributed by atoms with Crippen LogP contribution in [0, 0.1) is 0 Å². The zero-order valence-corrected chi connectivity index (χ0v) is 14.8. The number of pyridine rings is 1. The van der Waals surface area contributed by atoms with Crippen LogP contribution in [0.25, 0.3) is 16.9 Å². The van der Waals surface area contributed by atoms with E-state index >= 15 is 0 Å². The van der Waals surface area contributed by atoms with Crippen molar-refractivity contribution in [3.05, 3.63) is 59.7 Å². The lowest BCUT2D eigenvalue weighted by molar-refractivity contribution is -0.141. The Labute approximate surface area is 160 Å². The van der Waals surface area contributed by atoms with Gasteiger partial charge in [-0.1, -0.05) is 6.58 Å². The van der Waals surface area contributed by atoms with Gasteiger partial charge in [-0.3, -0.25) is 4.57 Å². The molecule has 4 nitrogen and oxygen atoms in total. The highest BCUT2D eigenvalue weighted by molar-refractivity contribution is 5.75. The summed E-state index contributed by atoms with van der Waals surface area (Å²) in [5, 5.41) is 3.06. The van der Waals surface area contributed by atoms with E-state index in [-0.39, 0.29) is 17.0 Å². The first-order valence-corrected chi connectivity index (χ1v) is 8.62. The van der Waals surface area contributed by atoms with Gasteiger partial charge in [0.15, 0.2) is 5.65 Å². The molecular formula is C19H14F6N4. The number of aromatic nitrogens is 3. The number of benzene rings is 1. The molecule has 0 radical (unpaired) electrons. The van der Waals surface area contributed by atoms with Crippen molar-refractivity contribution in [2.24, 2.45) is 0 Å². The molecule has 10 heteroatoms. The van der Waals surface area contributed by atoms with Gasteiger partial charge in [-0.05, 0) is 35.9 Å². The zero-order valence-electron chi connectivity index (χ0n) is 14.8. The fourth-order valence-electron chi connectivity index (χ4n) is 3.31. The third kappa shape index (κ3) is 3.79. The van der Waals surface area contributed by atoms with Crippen LogP contribution in [0.5, 0.6) is 0 Å². The van der Waals surface area contributed by atoms with E-state index in [0.29, 0.717) is 12.1 Å². The van der Waals surface area contributed by atoms with Crippen LogP contribution < -0.4 is 5.32 Å². The van der Waals surface area contributed by atoms with Crippen LogP contribution in [0.2, 0.25) is 0 Å². The SMILES string of the molecule is C=C1Cc2cc(-n3c(CCC(F)(F)F)nc4ccc(C(F)(F)F)nc43)ccc2N1. The fraction of sp³-hybridized carbons (Fsp3) is 0.263. The Morgan fingerprint density at radius 1 is 1.03 bits per heavy atom.